The first-order valence-electron chi connectivity index (χ1n) is 6.22. The van der Waals surface area contributed by atoms with Crippen LogP contribution in [-0.2, 0) is 0 Å². The quantitative estimate of drug-likeness (QED) is 0.660. The summed E-state index contributed by atoms with van der Waals surface area (Å²) in [7, 11) is 0. The van der Waals surface area contributed by atoms with Crippen molar-refractivity contribution in [2.45, 2.75) is 0 Å². The second-order valence-electron chi connectivity index (χ2n) is 4.44. The molecule has 0 heterocycles. The van der Waals surface area contributed by atoms with Crippen LogP contribution in [0, 0.1) is 0 Å². The maximum absolute atomic E-state index is 11.2. The predicted molar refractivity (Wildman–Crippen MR) is 87.9 cm³/mol. The molecular weight excluding hydrogens is 268 g/mol. The number of fused-ring (bicyclic) bond motifs is 2. The van der Waals surface area contributed by atoms with Gasteiger partial charge in [0.15, 0.2) is 0 Å². The van der Waals surface area contributed by atoms with Crippen LogP contribution in [-0.4, -0.2) is 23.6 Å². The summed E-state index contributed by atoms with van der Waals surface area (Å²) in [5.41, 5.74) is 0.355. The van der Waals surface area contributed by atoms with Crippen LogP contribution in [0.5, 0.6) is 0 Å². The van der Waals surface area contributed by atoms with E-state index in [9.17, 15) is 4.79 Å². The molecule has 0 aliphatic carbocycles. The Kier molecular flexibility index (Phi) is 4.64. The van der Waals surface area contributed by atoms with Crippen molar-refractivity contribution in [1.82, 2.24) is 0 Å². The number of aromatic carboxylic acids is 1. The molecule has 0 radical (unpaired) electrons. The van der Waals surface area contributed by atoms with Gasteiger partial charge in [0.05, 0.1) is 5.56 Å². The number of hydrogen-bond donors (Lipinski definition) is 1. The van der Waals surface area contributed by atoms with Crippen molar-refractivity contribution in [2.24, 2.45) is 0 Å². The molecule has 0 amide bonds. The van der Waals surface area contributed by atoms with Gasteiger partial charge in [-0.1, -0.05) is 36.4 Å². The van der Waals surface area contributed by atoms with E-state index in [1.165, 1.54) is 0 Å². The minimum atomic E-state index is -0.883. The fourth-order valence-electron chi connectivity index (χ4n) is 2.15. The molecule has 3 rings (SSSR count). The fourth-order valence-corrected chi connectivity index (χ4v) is 2.15. The fraction of sp³-hybridized carbons (Fsp3) is 0.118. The summed E-state index contributed by atoms with van der Waals surface area (Å²) < 4.78 is 0. The normalized spacial score (nSPS) is 10.1. The SMILES string of the molecule is CSC.O=C(O)c1cccc2cc3ccccc3cc12. The number of rotatable bonds is 1. The van der Waals surface area contributed by atoms with Crippen LogP contribution < -0.4 is 0 Å². The van der Waals surface area contributed by atoms with Crippen molar-refractivity contribution in [3.05, 3.63) is 60.2 Å². The van der Waals surface area contributed by atoms with Gasteiger partial charge in [0.2, 0.25) is 0 Å². The third kappa shape index (κ3) is 2.94. The Labute approximate surface area is 122 Å². The molecule has 0 saturated carbocycles. The zero-order valence-electron chi connectivity index (χ0n) is 11.5. The Bertz CT molecular complexity index is 750. The molecule has 0 fully saturated rings. The molecule has 0 aliphatic rings. The second-order valence-corrected chi connectivity index (χ2v) is 5.26. The average molecular weight is 284 g/mol. The van der Waals surface area contributed by atoms with Gasteiger partial charge in [-0.15, -0.1) is 0 Å². The first kappa shape index (κ1) is 14.4. The van der Waals surface area contributed by atoms with Crippen LogP contribution in [0.25, 0.3) is 21.5 Å². The first-order valence-corrected chi connectivity index (χ1v) is 7.85. The summed E-state index contributed by atoms with van der Waals surface area (Å²) in [6.07, 6.45) is 4.08. The van der Waals surface area contributed by atoms with Crippen molar-refractivity contribution >= 4 is 39.3 Å². The summed E-state index contributed by atoms with van der Waals surface area (Å²) in [6, 6.07) is 17.3. The maximum atomic E-state index is 11.2. The number of carbonyl (C=O) groups is 1. The number of thioether (sulfide) groups is 1. The minimum Gasteiger partial charge on any atom is -0.478 e. The third-order valence-electron chi connectivity index (χ3n) is 2.98. The molecule has 1 N–H and O–H groups in total. The Morgan fingerprint density at radius 3 is 2.05 bits per heavy atom. The molecule has 2 nitrogen and oxygen atoms in total. The van der Waals surface area contributed by atoms with Crippen molar-refractivity contribution < 1.29 is 9.90 Å². The number of hydrogen-bond acceptors (Lipinski definition) is 2. The molecule has 0 aromatic heterocycles. The van der Waals surface area contributed by atoms with E-state index < -0.39 is 5.97 Å². The average Bonchev–Trinajstić information content (AvgIpc) is 2.45. The lowest BCUT2D eigenvalue weighted by molar-refractivity contribution is 0.0699. The summed E-state index contributed by atoms with van der Waals surface area (Å²) in [4.78, 5) is 11.2. The third-order valence-corrected chi connectivity index (χ3v) is 2.98. The van der Waals surface area contributed by atoms with Gasteiger partial charge in [0, 0.05) is 0 Å². The van der Waals surface area contributed by atoms with E-state index in [2.05, 4.69) is 0 Å². The second kappa shape index (κ2) is 6.44. The highest BCUT2D eigenvalue weighted by atomic mass is 32.2. The van der Waals surface area contributed by atoms with Crippen LogP contribution in [0.2, 0.25) is 0 Å². The molecule has 3 heteroatoms. The Morgan fingerprint density at radius 2 is 1.45 bits per heavy atom. The molecular formula is C17H16O2S. The lowest BCUT2D eigenvalue weighted by Gasteiger charge is -2.05. The van der Waals surface area contributed by atoms with Gasteiger partial charge in [-0.25, -0.2) is 4.79 Å². The number of carboxylic acids is 1. The van der Waals surface area contributed by atoms with Gasteiger partial charge < -0.3 is 5.11 Å². The summed E-state index contributed by atoms with van der Waals surface area (Å²) >= 11 is 1.75. The van der Waals surface area contributed by atoms with Gasteiger partial charge in [-0.3, -0.25) is 0 Å². The van der Waals surface area contributed by atoms with Gasteiger partial charge >= 0.3 is 5.97 Å². The highest BCUT2D eigenvalue weighted by molar-refractivity contribution is 7.97. The van der Waals surface area contributed by atoms with E-state index >= 15 is 0 Å². The smallest absolute Gasteiger partial charge is 0.336 e. The van der Waals surface area contributed by atoms with Gasteiger partial charge in [0.1, 0.15) is 0 Å². The van der Waals surface area contributed by atoms with Crippen molar-refractivity contribution in [1.29, 1.82) is 0 Å². The van der Waals surface area contributed by atoms with E-state index in [1.54, 1.807) is 23.9 Å². The molecule has 0 saturated heterocycles. The van der Waals surface area contributed by atoms with E-state index in [0.717, 1.165) is 21.5 Å². The van der Waals surface area contributed by atoms with Crippen molar-refractivity contribution in [2.75, 3.05) is 12.5 Å². The molecule has 102 valence electrons. The van der Waals surface area contributed by atoms with Gasteiger partial charge in [-0.2, -0.15) is 11.8 Å². The van der Waals surface area contributed by atoms with Crippen LogP contribution in [0.4, 0.5) is 0 Å². The molecule has 3 aromatic rings. The van der Waals surface area contributed by atoms with Crippen LogP contribution in [0.3, 0.4) is 0 Å². The number of carboxylic acid groups (broad SMARTS) is 1. The summed E-state index contributed by atoms with van der Waals surface area (Å²) in [5, 5.41) is 13.1. The zero-order chi connectivity index (χ0) is 14.5. The van der Waals surface area contributed by atoms with Gasteiger partial charge in [0.25, 0.3) is 0 Å². The maximum Gasteiger partial charge on any atom is 0.336 e. The lowest BCUT2D eigenvalue weighted by Crippen LogP contribution is -1.96. The molecule has 0 aliphatic heterocycles. The predicted octanol–water partition coefficient (Wildman–Crippen LogP) is 4.67. The molecule has 0 atom stereocenters. The first-order chi connectivity index (χ1) is 9.67. The van der Waals surface area contributed by atoms with Crippen LogP contribution in [0.1, 0.15) is 10.4 Å². The van der Waals surface area contributed by atoms with Crippen molar-refractivity contribution in [3.63, 3.8) is 0 Å². The Morgan fingerprint density at radius 1 is 0.900 bits per heavy atom. The summed E-state index contributed by atoms with van der Waals surface area (Å²) in [5.74, 6) is -0.883. The minimum absolute atomic E-state index is 0.355. The standard InChI is InChI=1S/C15H10O2.C2H6S/c16-15(17)13-7-3-6-12-8-10-4-1-2-5-11(10)9-14(12)13;1-3-2/h1-9H,(H,16,17);1-2H3. The zero-order valence-corrected chi connectivity index (χ0v) is 12.3. The lowest BCUT2D eigenvalue weighted by atomic mass is 10.00. The highest BCUT2D eigenvalue weighted by Crippen LogP contribution is 2.25. The molecule has 0 bridgehead atoms. The Hall–Kier alpha value is -2.00. The molecule has 20 heavy (non-hydrogen) atoms. The molecule has 3 aromatic carbocycles. The van der Waals surface area contributed by atoms with E-state index in [-0.39, 0.29) is 0 Å². The van der Waals surface area contributed by atoms with Gasteiger partial charge in [-0.05, 0) is 52.3 Å². The van der Waals surface area contributed by atoms with Crippen LogP contribution in [0.15, 0.2) is 54.6 Å². The number of benzene rings is 3. The molecule has 0 spiro atoms. The monoisotopic (exact) mass is 284 g/mol. The largest absolute Gasteiger partial charge is 0.478 e. The van der Waals surface area contributed by atoms with Crippen LogP contribution >= 0.6 is 11.8 Å². The molecule has 0 unspecified atom stereocenters. The van der Waals surface area contributed by atoms with E-state index in [1.807, 2.05) is 55.0 Å². The summed E-state index contributed by atoms with van der Waals surface area (Å²) in [6.45, 7) is 0. The highest BCUT2D eigenvalue weighted by Gasteiger charge is 2.08. The van der Waals surface area contributed by atoms with E-state index in [4.69, 9.17) is 5.11 Å². The topological polar surface area (TPSA) is 37.3 Å². The van der Waals surface area contributed by atoms with Crippen molar-refractivity contribution in [3.8, 4) is 0 Å². The Balaban J connectivity index is 0.000000452. The van der Waals surface area contributed by atoms with E-state index in [0.29, 0.717) is 5.56 Å².